The zero-order chi connectivity index (χ0) is 17.8. The molecule has 26 heavy (non-hydrogen) atoms. The highest BCUT2D eigenvalue weighted by atomic mass is 16.5. The van der Waals surface area contributed by atoms with Crippen molar-refractivity contribution in [1.29, 1.82) is 0 Å². The Morgan fingerprint density at radius 2 is 1.77 bits per heavy atom. The average Bonchev–Trinajstić information content (AvgIpc) is 2.69. The first-order chi connectivity index (χ1) is 12.8. The van der Waals surface area contributed by atoms with Crippen molar-refractivity contribution in [2.24, 2.45) is 5.10 Å². The van der Waals surface area contributed by atoms with Gasteiger partial charge in [0.2, 0.25) is 0 Å². The number of morpholine rings is 1. The highest BCUT2D eigenvalue weighted by Gasteiger charge is 2.16. The quantitative estimate of drug-likeness (QED) is 0.678. The minimum Gasteiger partial charge on any atom is -0.379 e. The molecule has 1 saturated heterocycles. The lowest BCUT2D eigenvalue weighted by Gasteiger charge is -2.26. The molecule has 2 heterocycles. The van der Waals surface area contributed by atoms with E-state index in [1.807, 2.05) is 48.5 Å². The van der Waals surface area contributed by atoms with Crippen LogP contribution >= 0.6 is 0 Å². The van der Waals surface area contributed by atoms with Crippen molar-refractivity contribution >= 4 is 17.1 Å². The molecule has 1 aliphatic rings. The zero-order valence-electron chi connectivity index (χ0n) is 14.4. The van der Waals surface area contributed by atoms with Gasteiger partial charge in [0.1, 0.15) is 5.82 Å². The Morgan fingerprint density at radius 3 is 2.58 bits per heavy atom. The van der Waals surface area contributed by atoms with Crippen LogP contribution in [-0.4, -0.2) is 47.1 Å². The van der Waals surface area contributed by atoms with Crippen LogP contribution in [0, 0.1) is 0 Å². The van der Waals surface area contributed by atoms with Gasteiger partial charge < -0.3 is 4.74 Å². The van der Waals surface area contributed by atoms with E-state index in [4.69, 9.17) is 9.72 Å². The second-order valence-electron chi connectivity index (χ2n) is 6.21. The Kier molecular flexibility index (Phi) is 4.86. The number of aromatic nitrogens is 2. The van der Waals surface area contributed by atoms with Crippen molar-refractivity contribution in [2.45, 2.75) is 6.54 Å². The smallest absolute Gasteiger partial charge is 0.282 e. The van der Waals surface area contributed by atoms with E-state index in [1.165, 1.54) is 4.68 Å². The first-order valence-corrected chi connectivity index (χ1v) is 8.71. The van der Waals surface area contributed by atoms with Crippen molar-refractivity contribution in [3.8, 4) is 0 Å². The van der Waals surface area contributed by atoms with Crippen molar-refractivity contribution in [1.82, 2.24) is 14.6 Å². The van der Waals surface area contributed by atoms with E-state index in [1.54, 1.807) is 12.3 Å². The van der Waals surface area contributed by atoms with E-state index in [-0.39, 0.29) is 5.56 Å². The molecule has 0 N–H and O–H groups in total. The number of para-hydroxylation sites is 1. The molecule has 1 aromatic heterocycles. The van der Waals surface area contributed by atoms with Gasteiger partial charge in [0, 0.05) is 13.1 Å². The average molecular weight is 348 g/mol. The molecular formula is C20H20N4O2. The van der Waals surface area contributed by atoms with Gasteiger partial charge >= 0.3 is 0 Å². The van der Waals surface area contributed by atoms with Gasteiger partial charge in [0.25, 0.3) is 5.56 Å². The number of hydrogen-bond acceptors (Lipinski definition) is 5. The van der Waals surface area contributed by atoms with Gasteiger partial charge in [-0.3, -0.25) is 9.69 Å². The SMILES string of the molecule is O=c1c2ccccc2nc(CN2CCOCC2)n1/N=C/c1ccccc1. The number of nitrogens with zero attached hydrogens (tertiary/aromatic N) is 4. The van der Waals surface area contributed by atoms with Gasteiger partial charge in [-0.15, -0.1) is 0 Å². The molecule has 0 unspecified atom stereocenters. The maximum atomic E-state index is 13.0. The molecule has 6 heteroatoms. The summed E-state index contributed by atoms with van der Waals surface area (Å²) in [5.74, 6) is 0.641. The van der Waals surface area contributed by atoms with Crippen LogP contribution in [0.1, 0.15) is 11.4 Å². The molecule has 0 saturated carbocycles. The minimum absolute atomic E-state index is 0.147. The summed E-state index contributed by atoms with van der Waals surface area (Å²) in [7, 11) is 0. The van der Waals surface area contributed by atoms with Gasteiger partial charge in [0.15, 0.2) is 0 Å². The highest BCUT2D eigenvalue weighted by molar-refractivity contribution is 5.80. The molecule has 132 valence electrons. The molecule has 0 radical (unpaired) electrons. The lowest BCUT2D eigenvalue weighted by Crippen LogP contribution is -2.37. The van der Waals surface area contributed by atoms with Crippen LogP contribution in [0.5, 0.6) is 0 Å². The fourth-order valence-electron chi connectivity index (χ4n) is 3.01. The fraction of sp³-hybridized carbons (Fsp3) is 0.250. The third-order valence-electron chi connectivity index (χ3n) is 4.41. The van der Waals surface area contributed by atoms with Crippen molar-refractivity contribution in [2.75, 3.05) is 26.3 Å². The van der Waals surface area contributed by atoms with Gasteiger partial charge in [-0.1, -0.05) is 42.5 Å². The van der Waals surface area contributed by atoms with Crippen LogP contribution in [0.15, 0.2) is 64.5 Å². The van der Waals surface area contributed by atoms with Crippen molar-refractivity contribution in [3.05, 3.63) is 76.3 Å². The topological polar surface area (TPSA) is 59.7 Å². The molecule has 0 bridgehead atoms. The normalized spacial score (nSPS) is 15.7. The van der Waals surface area contributed by atoms with Crippen LogP contribution in [-0.2, 0) is 11.3 Å². The summed E-state index contributed by atoms with van der Waals surface area (Å²) >= 11 is 0. The molecule has 2 aromatic carbocycles. The van der Waals surface area contributed by atoms with Crippen LogP contribution in [0.4, 0.5) is 0 Å². The number of hydrogen-bond donors (Lipinski definition) is 0. The Hall–Kier alpha value is -2.83. The molecule has 0 spiro atoms. The van der Waals surface area contributed by atoms with E-state index >= 15 is 0 Å². The molecule has 0 aliphatic carbocycles. The van der Waals surface area contributed by atoms with Crippen LogP contribution in [0.3, 0.4) is 0 Å². The Labute approximate surface area is 151 Å². The standard InChI is InChI=1S/C20H20N4O2/c25-20-17-8-4-5-9-18(17)22-19(15-23-10-12-26-13-11-23)24(20)21-14-16-6-2-1-3-7-16/h1-9,14H,10-13,15H2/b21-14+. The largest absolute Gasteiger partial charge is 0.379 e. The summed E-state index contributed by atoms with van der Waals surface area (Å²) in [5.41, 5.74) is 1.49. The molecular weight excluding hydrogens is 328 g/mol. The lowest BCUT2D eigenvalue weighted by molar-refractivity contribution is 0.0325. The summed E-state index contributed by atoms with van der Waals surface area (Å²) in [6, 6.07) is 17.1. The Morgan fingerprint density at radius 1 is 1.04 bits per heavy atom. The van der Waals surface area contributed by atoms with E-state index in [0.717, 1.165) is 18.7 Å². The molecule has 3 aromatic rings. The minimum atomic E-state index is -0.147. The second-order valence-corrected chi connectivity index (χ2v) is 6.21. The maximum Gasteiger partial charge on any atom is 0.282 e. The molecule has 4 rings (SSSR count). The first kappa shape index (κ1) is 16.6. The summed E-state index contributed by atoms with van der Waals surface area (Å²) < 4.78 is 6.83. The number of benzene rings is 2. The monoisotopic (exact) mass is 348 g/mol. The molecule has 1 aliphatic heterocycles. The highest BCUT2D eigenvalue weighted by Crippen LogP contribution is 2.11. The third kappa shape index (κ3) is 3.56. The molecule has 6 nitrogen and oxygen atoms in total. The first-order valence-electron chi connectivity index (χ1n) is 8.71. The molecule has 0 atom stereocenters. The maximum absolute atomic E-state index is 13.0. The van der Waals surface area contributed by atoms with Crippen molar-refractivity contribution < 1.29 is 4.74 Å². The fourth-order valence-corrected chi connectivity index (χ4v) is 3.01. The number of fused-ring (bicyclic) bond motifs is 1. The molecule has 1 fully saturated rings. The van der Waals surface area contributed by atoms with Gasteiger partial charge in [-0.05, 0) is 17.7 Å². The predicted molar refractivity (Wildman–Crippen MR) is 102 cm³/mol. The zero-order valence-corrected chi connectivity index (χ0v) is 14.4. The van der Waals surface area contributed by atoms with Gasteiger partial charge in [-0.2, -0.15) is 9.78 Å². The lowest BCUT2D eigenvalue weighted by atomic mass is 10.2. The van der Waals surface area contributed by atoms with Crippen molar-refractivity contribution in [3.63, 3.8) is 0 Å². The van der Waals surface area contributed by atoms with Gasteiger partial charge in [0.05, 0.1) is 36.9 Å². The van der Waals surface area contributed by atoms with E-state index in [0.29, 0.717) is 36.5 Å². The summed E-state index contributed by atoms with van der Waals surface area (Å²) in [6.07, 6.45) is 1.70. The van der Waals surface area contributed by atoms with E-state index in [2.05, 4.69) is 10.0 Å². The second kappa shape index (κ2) is 7.59. The van der Waals surface area contributed by atoms with E-state index in [9.17, 15) is 4.79 Å². The summed E-state index contributed by atoms with van der Waals surface area (Å²) in [4.78, 5) is 19.9. The third-order valence-corrected chi connectivity index (χ3v) is 4.41. The summed E-state index contributed by atoms with van der Waals surface area (Å²) in [5, 5.41) is 5.02. The molecule has 0 amide bonds. The van der Waals surface area contributed by atoms with Crippen LogP contribution in [0.25, 0.3) is 10.9 Å². The van der Waals surface area contributed by atoms with Gasteiger partial charge in [-0.25, -0.2) is 4.98 Å². The number of rotatable bonds is 4. The van der Waals surface area contributed by atoms with Crippen LogP contribution < -0.4 is 5.56 Å². The van der Waals surface area contributed by atoms with Crippen LogP contribution in [0.2, 0.25) is 0 Å². The summed E-state index contributed by atoms with van der Waals surface area (Å²) in [6.45, 7) is 3.61. The number of ether oxygens (including phenoxy) is 1. The van der Waals surface area contributed by atoms with E-state index < -0.39 is 0 Å². The Bertz CT molecular complexity index is 976. The Balaban J connectivity index is 1.77. The predicted octanol–water partition coefficient (Wildman–Crippen LogP) is 2.11.